The minimum Gasteiger partial charge on any atom is -0.337 e. The molecular formula is C20H27N3O. The first-order valence-electron chi connectivity index (χ1n) is 9.11. The molecule has 2 atom stereocenters. The molecule has 0 spiro atoms. The van der Waals surface area contributed by atoms with Crippen molar-refractivity contribution in [2.24, 2.45) is 5.92 Å². The molecule has 128 valence electrons. The number of aryl methyl sites for hydroxylation is 1. The van der Waals surface area contributed by atoms with Crippen LogP contribution in [-0.2, 0) is 11.2 Å². The van der Waals surface area contributed by atoms with Crippen molar-refractivity contribution < 1.29 is 4.79 Å². The van der Waals surface area contributed by atoms with Gasteiger partial charge in [-0.2, -0.15) is 5.26 Å². The first kappa shape index (κ1) is 17.0. The van der Waals surface area contributed by atoms with E-state index in [2.05, 4.69) is 40.6 Å². The molecule has 1 aromatic carbocycles. The second-order valence-electron chi connectivity index (χ2n) is 7.43. The van der Waals surface area contributed by atoms with E-state index in [1.54, 1.807) is 0 Å². The molecule has 2 fully saturated rings. The van der Waals surface area contributed by atoms with Gasteiger partial charge in [-0.3, -0.25) is 9.69 Å². The lowest BCUT2D eigenvalue weighted by Gasteiger charge is -2.27. The number of nitriles is 1. The van der Waals surface area contributed by atoms with Gasteiger partial charge in [0.15, 0.2) is 0 Å². The zero-order chi connectivity index (χ0) is 17.0. The molecule has 1 aliphatic heterocycles. The SMILES string of the molecule is C[C@@](C#N)(NC(=O)CN1CCC[C@H]1CCc1ccccc1)C1CC1. The van der Waals surface area contributed by atoms with E-state index in [4.69, 9.17) is 0 Å². The molecule has 0 unspecified atom stereocenters. The van der Waals surface area contributed by atoms with Crippen LogP contribution in [0.15, 0.2) is 30.3 Å². The van der Waals surface area contributed by atoms with Gasteiger partial charge in [-0.1, -0.05) is 30.3 Å². The summed E-state index contributed by atoms with van der Waals surface area (Å²) in [7, 11) is 0. The van der Waals surface area contributed by atoms with Crippen LogP contribution in [0.4, 0.5) is 0 Å². The van der Waals surface area contributed by atoms with Crippen molar-refractivity contribution in [2.75, 3.05) is 13.1 Å². The normalized spacial score (nSPS) is 23.4. The third-order valence-corrected chi connectivity index (χ3v) is 5.48. The molecule has 1 saturated heterocycles. The molecular weight excluding hydrogens is 298 g/mol. The van der Waals surface area contributed by atoms with E-state index in [1.807, 2.05) is 13.0 Å². The zero-order valence-corrected chi connectivity index (χ0v) is 14.5. The molecule has 1 heterocycles. The van der Waals surface area contributed by atoms with Crippen LogP contribution in [0.3, 0.4) is 0 Å². The number of benzene rings is 1. The fourth-order valence-corrected chi connectivity index (χ4v) is 3.80. The van der Waals surface area contributed by atoms with Gasteiger partial charge >= 0.3 is 0 Å². The van der Waals surface area contributed by atoms with Crippen LogP contribution >= 0.6 is 0 Å². The molecule has 0 radical (unpaired) electrons. The second-order valence-corrected chi connectivity index (χ2v) is 7.43. The van der Waals surface area contributed by atoms with Crippen LogP contribution in [0.1, 0.15) is 44.6 Å². The number of carbonyl (C=O) groups is 1. The van der Waals surface area contributed by atoms with E-state index in [0.29, 0.717) is 18.5 Å². The topological polar surface area (TPSA) is 56.1 Å². The quantitative estimate of drug-likeness (QED) is 0.838. The predicted octanol–water partition coefficient (Wildman–Crippen LogP) is 2.89. The average Bonchev–Trinajstić information content (AvgIpc) is 3.36. The summed E-state index contributed by atoms with van der Waals surface area (Å²) in [5, 5.41) is 12.4. The zero-order valence-electron chi connectivity index (χ0n) is 14.5. The number of nitrogens with zero attached hydrogens (tertiary/aromatic N) is 2. The van der Waals surface area contributed by atoms with Crippen LogP contribution in [0.5, 0.6) is 0 Å². The van der Waals surface area contributed by atoms with Crippen molar-refractivity contribution >= 4 is 5.91 Å². The summed E-state index contributed by atoms with van der Waals surface area (Å²) in [6.45, 7) is 3.27. The van der Waals surface area contributed by atoms with Crippen LogP contribution < -0.4 is 5.32 Å². The van der Waals surface area contributed by atoms with Gasteiger partial charge in [0.05, 0.1) is 12.6 Å². The van der Waals surface area contributed by atoms with Crippen LogP contribution in [0, 0.1) is 17.2 Å². The Morgan fingerprint density at radius 1 is 1.33 bits per heavy atom. The molecule has 24 heavy (non-hydrogen) atoms. The number of likely N-dealkylation sites (tertiary alicyclic amines) is 1. The largest absolute Gasteiger partial charge is 0.337 e. The summed E-state index contributed by atoms with van der Waals surface area (Å²) < 4.78 is 0. The Kier molecular flexibility index (Phi) is 5.20. The number of hydrogen-bond acceptors (Lipinski definition) is 3. The molecule has 0 aromatic heterocycles. The molecule has 1 aliphatic carbocycles. The number of carbonyl (C=O) groups excluding carboxylic acids is 1. The Balaban J connectivity index is 1.50. The number of rotatable bonds is 7. The molecule has 1 N–H and O–H groups in total. The number of nitrogens with one attached hydrogen (secondary N) is 1. The Morgan fingerprint density at radius 2 is 2.08 bits per heavy atom. The van der Waals surface area contributed by atoms with E-state index in [-0.39, 0.29) is 5.91 Å². The lowest BCUT2D eigenvalue weighted by Crippen LogP contribution is -2.50. The monoisotopic (exact) mass is 325 g/mol. The smallest absolute Gasteiger partial charge is 0.235 e. The van der Waals surface area contributed by atoms with Crippen molar-refractivity contribution in [3.8, 4) is 6.07 Å². The van der Waals surface area contributed by atoms with Gasteiger partial charge in [-0.15, -0.1) is 0 Å². The summed E-state index contributed by atoms with van der Waals surface area (Å²) in [5.41, 5.74) is 0.677. The van der Waals surface area contributed by atoms with Gasteiger partial charge in [0.2, 0.25) is 5.91 Å². The van der Waals surface area contributed by atoms with Gasteiger partial charge in [0, 0.05) is 6.04 Å². The minimum absolute atomic E-state index is 0.00226. The Bertz CT molecular complexity index is 605. The Morgan fingerprint density at radius 3 is 2.75 bits per heavy atom. The third-order valence-electron chi connectivity index (χ3n) is 5.48. The summed E-state index contributed by atoms with van der Waals surface area (Å²) in [6.07, 6.45) is 6.57. The van der Waals surface area contributed by atoms with Gasteiger partial charge in [0.25, 0.3) is 0 Å². The molecule has 3 rings (SSSR count). The van der Waals surface area contributed by atoms with Crippen molar-refractivity contribution in [2.45, 2.75) is 57.0 Å². The highest BCUT2D eigenvalue weighted by atomic mass is 16.2. The third kappa shape index (κ3) is 4.15. The highest BCUT2D eigenvalue weighted by molar-refractivity contribution is 5.79. The maximum atomic E-state index is 12.4. The standard InChI is InChI=1S/C20H27N3O/c1-20(15-21,17-10-11-17)22-19(24)14-23-13-5-8-18(23)12-9-16-6-3-2-4-7-16/h2-4,6-7,17-18H,5,8-14H2,1H3,(H,22,24)/t18-,20-/m0/s1. The lowest BCUT2D eigenvalue weighted by molar-refractivity contribution is -0.123. The maximum absolute atomic E-state index is 12.4. The van der Waals surface area contributed by atoms with E-state index in [9.17, 15) is 10.1 Å². The van der Waals surface area contributed by atoms with E-state index < -0.39 is 5.54 Å². The van der Waals surface area contributed by atoms with E-state index >= 15 is 0 Å². The molecule has 1 amide bonds. The lowest BCUT2D eigenvalue weighted by atomic mass is 9.98. The molecule has 1 saturated carbocycles. The van der Waals surface area contributed by atoms with Crippen molar-refractivity contribution in [3.05, 3.63) is 35.9 Å². The molecule has 0 bridgehead atoms. The molecule has 4 nitrogen and oxygen atoms in total. The summed E-state index contributed by atoms with van der Waals surface area (Å²) in [6, 6.07) is 13.3. The van der Waals surface area contributed by atoms with Crippen molar-refractivity contribution in [1.29, 1.82) is 5.26 Å². The number of amides is 1. The number of hydrogen-bond donors (Lipinski definition) is 1. The fourth-order valence-electron chi connectivity index (χ4n) is 3.80. The second kappa shape index (κ2) is 7.36. The summed E-state index contributed by atoms with van der Waals surface area (Å²) in [5.74, 6) is 0.330. The summed E-state index contributed by atoms with van der Waals surface area (Å²) >= 11 is 0. The van der Waals surface area contributed by atoms with E-state index in [0.717, 1.165) is 45.1 Å². The predicted molar refractivity (Wildman–Crippen MR) is 94.2 cm³/mol. The van der Waals surface area contributed by atoms with Gasteiger partial charge in [0.1, 0.15) is 5.54 Å². The van der Waals surface area contributed by atoms with Crippen molar-refractivity contribution in [1.82, 2.24) is 10.2 Å². The maximum Gasteiger partial charge on any atom is 0.235 e. The highest BCUT2D eigenvalue weighted by Crippen LogP contribution is 2.39. The first-order chi connectivity index (χ1) is 11.6. The molecule has 2 aliphatic rings. The van der Waals surface area contributed by atoms with Gasteiger partial charge < -0.3 is 5.32 Å². The van der Waals surface area contributed by atoms with Crippen LogP contribution in [0.2, 0.25) is 0 Å². The highest BCUT2D eigenvalue weighted by Gasteiger charge is 2.43. The minimum atomic E-state index is -0.684. The van der Waals surface area contributed by atoms with Crippen LogP contribution in [0.25, 0.3) is 0 Å². The fraction of sp³-hybridized carbons (Fsp3) is 0.600. The summed E-state index contributed by atoms with van der Waals surface area (Å²) in [4.78, 5) is 14.7. The Labute approximate surface area is 144 Å². The molecule has 1 aromatic rings. The van der Waals surface area contributed by atoms with Gasteiger partial charge in [-0.25, -0.2) is 0 Å². The Hall–Kier alpha value is -1.86. The van der Waals surface area contributed by atoms with Gasteiger partial charge in [-0.05, 0) is 63.5 Å². The average molecular weight is 325 g/mol. The van der Waals surface area contributed by atoms with E-state index in [1.165, 1.54) is 5.56 Å². The first-order valence-corrected chi connectivity index (χ1v) is 9.11. The van der Waals surface area contributed by atoms with Crippen molar-refractivity contribution in [3.63, 3.8) is 0 Å². The molecule has 4 heteroatoms. The van der Waals surface area contributed by atoms with Crippen LogP contribution in [-0.4, -0.2) is 35.5 Å².